The zero-order valence-electron chi connectivity index (χ0n) is 12.7. The number of piperidine rings is 1. The molecule has 0 amide bonds. The third kappa shape index (κ3) is 2.59. The van der Waals surface area contributed by atoms with Crippen LogP contribution in [0.15, 0.2) is 33.5 Å². The Morgan fingerprint density at radius 2 is 2.14 bits per heavy atom. The topological polar surface area (TPSA) is 47.6 Å². The lowest BCUT2D eigenvalue weighted by Gasteiger charge is -2.34. The Kier molecular flexibility index (Phi) is 3.76. The molecule has 4 rings (SSSR count). The molecule has 2 aliphatic rings. The number of hydrogen-bond donors (Lipinski definition) is 0. The highest BCUT2D eigenvalue weighted by Crippen LogP contribution is 2.26. The van der Waals surface area contributed by atoms with Gasteiger partial charge in [0.25, 0.3) is 0 Å². The molecule has 0 saturated carbocycles. The standard InChI is InChI=1S/C17H22N2O3/c20-17-19(15-5-1-2-6-16(15)22-17)14-4-3-8-18(11-14)10-13-7-9-21-12-13/h1-2,5-6,13-14H,3-4,7-12H2/t13-,14-/m0/s1. The fourth-order valence-electron chi connectivity index (χ4n) is 3.83. The van der Waals surface area contributed by atoms with E-state index < -0.39 is 0 Å². The van der Waals surface area contributed by atoms with E-state index in [0.29, 0.717) is 11.5 Å². The molecule has 0 unspecified atom stereocenters. The molecular formula is C17H22N2O3. The Balaban J connectivity index is 1.56. The normalized spacial score (nSPS) is 26.7. The Bertz CT molecular complexity index is 699. The molecule has 0 spiro atoms. The molecule has 0 aliphatic carbocycles. The van der Waals surface area contributed by atoms with Crippen LogP contribution in [0.2, 0.25) is 0 Å². The second-order valence-corrected chi connectivity index (χ2v) is 6.49. The molecule has 1 aromatic carbocycles. The van der Waals surface area contributed by atoms with Crippen LogP contribution in [0.3, 0.4) is 0 Å². The number of benzene rings is 1. The van der Waals surface area contributed by atoms with E-state index in [2.05, 4.69) is 4.90 Å². The molecule has 22 heavy (non-hydrogen) atoms. The second-order valence-electron chi connectivity index (χ2n) is 6.49. The van der Waals surface area contributed by atoms with Gasteiger partial charge < -0.3 is 14.1 Å². The van der Waals surface area contributed by atoms with Gasteiger partial charge in [-0.25, -0.2) is 4.79 Å². The number of rotatable bonds is 3. The number of ether oxygens (including phenoxy) is 1. The van der Waals surface area contributed by atoms with Crippen LogP contribution in [0.1, 0.15) is 25.3 Å². The van der Waals surface area contributed by atoms with Crippen molar-refractivity contribution in [2.75, 3.05) is 32.8 Å². The van der Waals surface area contributed by atoms with Gasteiger partial charge in [0.05, 0.1) is 18.2 Å². The first kappa shape index (κ1) is 14.0. The number of likely N-dealkylation sites (tertiary alicyclic amines) is 1. The first-order chi connectivity index (χ1) is 10.8. The summed E-state index contributed by atoms with van der Waals surface area (Å²) in [5, 5.41) is 0. The molecule has 0 radical (unpaired) electrons. The van der Waals surface area contributed by atoms with Gasteiger partial charge in [0.1, 0.15) is 0 Å². The van der Waals surface area contributed by atoms with Gasteiger partial charge in [0.15, 0.2) is 5.58 Å². The number of nitrogens with zero attached hydrogens (tertiary/aromatic N) is 2. The molecule has 0 bridgehead atoms. The maximum absolute atomic E-state index is 12.2. The van der Waals surface area contributed by atoms with Crippen molar-refractivity contribution < 1.29 is 9.15 Å². The Morgan fingerprint density at radius 1 is 1.23 bits per heavy atom. The van der Waals surface area contributed by atoms with Crippen molar-refractivity contribution in [3.8, 4) is 0 Å². The minimum absolute atomic E-state index is 0.215. The summed E-state index contributed by atoms with van der Waals surface area (Å²) in [6.45, 7) is 4.92. The molecular weight excluding hydrogens is 280 g/mol. The number of hydrogen-bond acceptors (Lipinski definition) is 4. The van der Waals surface area contributed by atoms with Gasteiger partial charge in [0.2, 0.25) is 0 Å². The average molecular weight is 302 g/mol. The molecule has 0 N–H and O–H groups in total. The minimum Gasteiger partial charge on any atom is -0.408 e. The first-order valence-corrected chi connectivity index (χ1v) is 8.21. The summed E-state index contributed by atoms with van der Waals surface area (Å²) in [4.78, 5) is 14.7. The van der Waals surface area contributed by atoms with Crippen molar-refractivity contribution in [2.24, 2.45) is 5.92 Å². The van der Waals surface area contributed by atoms with Crippen LogP contribution in [-0.2, 0) is 4.74 Å². The largest absolute Gasteiger partial charge is 0.420 e. The maximum atomic E-state index is 12.2. The van der Waals surface area contributed by atoms with E-state index >= 15 is 0 Å². The van der Waals surface area contributed by atoms with Crippen LogP contribution in [0, 0.1) is 5.92 Å². The van der Waals surface area contributed by atoms with Crippen LogP contribution >= 0.6 is 0 Å². The van der Waals surface area contributed by atoms with Gasteiger partial charge in [0, 0.05) is 19.7 Å². The summed E-state index contributed by atoms with van der Waals surface area (Å²) in [6, 6.07) is 7.92. The lowest BCUT2D eigenvalue weighted by atomic mass is 10.0. The number of aromatic nitrogens is 1. The minimum atomic E-state index is -0.225. The summed E-state index contributed by atoms with van der Waals surface area (Å²) in [5.41, 5.74) is 1.61. The number of fused-ring (bicyclic) bond motifs is 1. The number of para-hydroxylation sites is 2. The molecule has 2 saturated heterocycles. The third-order valence-electron chi connectivity index (χ3n) is 4.90. The summed E-state index contributed by atoms with van der Waals surface area (Å²) >= 11 is 0. The molecule has 2 fully saturated rings. The molecule has 5 heteroatoms. The summed E-state index contributed by atoms with van der Waals surface area (Å²) in [5.74, 6) is 0.425. The van der Waals surface area contributed by atoms with E-state index in [1.54, 1.807) is 0 Å². The van der Waals surface area contributed by atoms with Crippen molar-refractivity contribution >= 4 is 11.1 Å². The number of oxazole rings is 1. The summed E-state index contributed by atoms with van der Waals surface area (Å²) < 4.78 is 12.7. The van der Waals surface area contributed by atoms with Gasteiger partial charge in [-0.1, -0.05) is 12.1 Å². The molecule has 2 atom stereocenters. The first-order valence-electron chi connectivity index (χ1n) is 8.21. The van der Waals surface area contributed by atoms with E-state index in [4.69, 9.17) is 9.15 Å². The van der Waals surface area contributed by atoms with Crippen molar-refractivity contribution in [3.63, 3.8) is 0 Å². The van der Waals surface area contributed by atoms with Gasteiger partial charge in [-0.05, 0) is 43.9 Å². The lowest BCUT2D eigenvalue weighted by Crippen LogP contribution is -2.41. The summed E-state index contributed by atoms with van der Waals surface area (Å²) in [6.07, 6.45) is 3.33. The molecule has 2 aromatic rings. The molecule has 2 aliphatic heterocycles. The van der Waals surface area contributed by atoms with Gasteiger partial charge >= 0.3 is 5.76 Å². The molecule has 3 heterocycles. The summed E-state index contributed by atoms with van der Waals surface area (Å²) in [7, 11) is 0. The van der Waals surface area contributed by atoms with E-state index in [9.17, 15) is 4.79 Å². The van der Waals surface area contributed by atoms with Crippen molar-refractivity contribution in [1.82, 2.24) is 9.47 Å². The van der Waals surface area contributed by atoms with E-state index in [1.807, 2.05) is 28.8 Å². The van der Waals surface area contributed by atoms with Crippen LogP contribution < -0.4 is 5.76 Å². The van der Waals surface area contributed by atoms with E-state index in [0.717, 1.165) is 57.6 Å². The monoisotopic (exact) mass is 302 g/mol. The highest BCUT2D eigenvalue weighted by Gasteiger charge is 2.27. The van der Waals surface area contributed by atoms with Crippen molar-refractivity contribution in [2.45, 2.75) is 25.3 Å². The van der Waals surface area contributed by atoms with E-state index in [1.165, 1.54) is 0 Å². The maximum Gasteiger partial charge on any atom is 0.420 e. The Morgan fingerprint density at radius 3 is 3.00 bits per heavy atom. The zero-order valence-corrected chi connectivity index (χ0v) is 12.7. The highest BCUT2D eigenvalue weighted by atomic mass is 16.5. The van der Waals surface area contributed by atoms with Crippen LogP contribution in [0.25, 0.3) is 11.1 Å². The highest BCUT2D eigenvalue weighted by molar-refractivity contribution is 5.72. The van der Waals surface area contributed by atoms with Crippen molar-refractivity contribution in [1.29, 1.82) is 0 Å². The van der Waals surface area contributed by atoms with Gasteiger partial charge in [-0.15, -0.1) is 0 Å². The Hall–Kier alpha value is -1.59. The predicted octanol–water partition coefficient (Wildman–Crippen LogP) is 2.27. The van der Waals surface area contributed by atoms with Gasteiger partial charge in [-0.3, -0.25) is 4.57 Å². The van der Waals surface area contributed by atoms with Crippen LogP contribution in [0.4, 0.5) is 0 Å². The smallest absolute Gasteiger partial charge is 0.408 e. The third-order valence-corrected chi connectivity index (χ3v) is 4.90. The molecule has 1 aromatic heterocycles. The fraction of sp³-hybridized carbons (Fsp3) is 0.588. The van der Waals surface area contributed by atoms with Crippen LogP contribution in [-0.4, -0.2) is 42.3 Å². The van der Waals surface area contributed by atoms with E-state index in [-0.39, 0.29) is 11.8 Å². The predicted molar refractivity (Wildman–Crippen MR) is 84.1 cm³/mol. The fourth-order valence-corrected chi connectivity index (χ4v) is 3.83. The Labute approximate surface area is 129 Å². The van der Waals surface area contributed by atoms with Crippen LogP contribution in [0.5, 0.6) is 0 Å². The van der Waals surface area contributed by atoms with Gasteiger partial charge in [-0.2, -0.15) is 0 Å². The molecule has 5 nitrogen and oxygen atoms in total. The second kappa shape index (κ2) is 5.89. The van der Waals surface area contributed by atoms with Crippen molar-refractivity contribution in [3.05, 3.63) is 34.8 Å². The average Bonchev–Trinajstić information content (AvgIpc) is 3.14. The molecule has 118 valence electrons. The SMILES string of the molecule is O=c1oc2ccccc2n1[C@H]1CCCN(C[C@@H]2CCOC2)C1. The zero-order chi connectivity index (χ0) is 14.9. The quantitative estimate of drug-likeness (QED) is 0.872. The lowest BCUT2D eigenvalue weighted by molar-refractivity contribution is 0.135.